The lowest BCUT2D eigenvalue weighted by Gasteiger charge is -2.09. The van der Waals surface area contributed by atoms with Crippen molar-refractivity contribution in [1.29, 1.82) is 0 Å². The zero-order valence-electron chi connectivity index (χ0n) is 15.2. The predicted molar refractivity (Wildman–Crippen MR) is 106 cm³/mol. The van der Waals surface area contributed by atoms with E-state index in [1.807, 2.05) is 56.3 Å². The highest BCUT2D eigenvalue weighted by Crippen LogP contribution is 2.25. The number of fused-ring (bicyclic) bond motifs is 1. The van der Waals surface area contributed by atoms with Crippen LogP contribution in [0, 0.1) is 6.92 Å². The number of hydrogen-bond donors (Lipinski definition) is 1. The monoisotopic (exact) mass is 357 g/mol. The van der Waals surface area contributed by atoms with Gasteiger partial charge in [0.15, 0.2) is 5.65 Å². The Morgan fingerprint density at radius 2 is 1.93 bits per heavy atom. The van der Waals surface area contributed by atoms with Crippen molar-refractivity contribution in [3.05, 3.63) is 72.1 Å². The molecule has 4 rings (SSSR count). The maximum atomic E-state index is 13.0. The number of anilines is 1. The van der Waals surface area contributed by atoms with Crippen LogP contribution in [0.1, 0.15) is 22.8 Å². The van der Waals surface area contributed by atoms with E-state index in [2.05, 4.69) is 15.4 Å². The Morgan fingerprint density at radius 1 is 1.11 bits per heavy atom. The first-order chi connectivity index (χ1) is 13.2. The van der Waals surface area contributed by atoms with Crippen molar-refractivity contribution < 1.29 is 4.79 Å². The van der Waals surface area contributed by atoms with Crippen LogP contribution in [0.2, 0.25) is 0 Å². The van der Waals surface area contributed by atoms with E-state index in [4.69, 9.17) is 4.98 Å². The van der Waals surface area contributed by atoms with Crippen LogP contribution in [-0.2, 0) is 6.54 Å². The molecule has 6 nitrogen and oxygen atoms in total. The fourth-order valence-electron chi connectivity index (χ4n) is 2.95. The Balaban J connectivity index is 1.81. The molecule has 0 atom stereocenters. The second-order valence-corrected chi connectivity index (χ2v) is 6.29. The summed E-state index contributed by atoms with van der Waals surface area (Å²) in [5, 5.41) is 7.96. The fraction of sp³-hybridized carbons (Fsp3) is 0.143. The summed E-state index contributed by atoms with van der Waals surface area (Å²) >= 11 is 0. The molecule has 0 saturated heterocycles. The first-order valence-corrected chi connectivity index (χ1v) is 8.81. The van der Waals surface area contributed by atoms with Gasteiger partial charge in [-0.15, -0.1) is 0 Å². The number of pyridine rings is 2. The molecule has 0 spiro atoms. The molecule has 1 N–H and O–H groups in total. The SMILES string of the molecule is CCn1ncc2c(C(=O)Nc3ccc(C)cn3)cc(-c3ccccc3)nc21. The van der Waals surface area contributed by atoms with Gasteiger partial charge in [-0.05, 0) is 31.5 Å². The van der Waals surface area contributed by atoms with Crippen LogP contribution >= 0.6 is 0 Å². The van der Waals surface area contributed by atoms with Crippen LogP contribution in [0.4, 0.5) is 5.82 Å². The molecule has 0 aliphatic rings. The lowest BCUT2D eigenvalue weighted by molar-refractivity contribution is 0.102. The Hall–Kier alpha value is -3.54. The van der Waals surface area contributed by atoms with Gasteiger partial charge in [-0.1, -0.05) is 36.4 Å². The van der Waals surface area contributed by atoms with Crippen molar-refractivity contribution >= 4 is 22.8 Å². The highest BCUT2D eigenvalue weighted by atomic mass is 16.1. The van der Waals surface area contributed by atoms with E-state index in [1.54, 1.807) is 23.1 Å². The number of aromatic nitrogens is 4. The van der Waals surface area contributed by atoms with Gasteiger partial charge in [0.25, 0.3) is 5.91 Å². The van der Waals surface area contributed by atoms with E-state index in [-0.39, 0.29) is 5.91 Å². The number of hydrogen-bond acceptors (Lipinski definition) is 4. The molecule has 4 aromatic rings. The van der Waals surface area contributed by atoms with Gasteiger partial charge in [0.05, 0.1) is 22.8 Å². The summed E-state index contributed by atoms with van der Waals surface area (Å²) < 4.78 is 1.79. The summed E-state index contributed by atoms with van der Waals surface area (Å²) in [6, 6.07) is 15.3. The van der Waals surface area contributed by atoms with Gasteiger partial charge < -0.3 is 5.32 Å². The molecule has 6 heteroatoms. The summed E-state index contributed by atoms with van der Waals surface area (Å²) in [5.74, 6) is 0.284. The van der Waals surface area contributed by atoms with Crippen LogP contribution in [-0.4, -0.2) is 25.7 Å². The number of amides is 1. The minimum Gasteiger partial charge on any atom is -0.307 e. The summed E-state index contributed by atoms with van der Waals surface area (Å²) in [4.78, 5) is 22.0. The molecule has 0 aliphatic carbocycles. The van der Waals surface area contributed by atoms with Gasteiger partial charge in [0.2, 0.25) is 0 Å². The van der Waals surface area contributed by atoms with Crippen LogP contribution in [0.3, 0.4) is 0 Å². The molecule has 27 heavy (non-hydrogen) atoms. The van der Waals surface area contributed by atoms with Crippen molar-refractivity contribution in [2.24, 2.45) is 0 Å². The highest BCUT2D eigenvalue weighted by molar-refractivity contribution is 6.12. The van der Waals surface area contributed by atoms with Crippen molar-refractivity contribution in [1.82, 2.24) is 19.7 Å². The standard InChI is InChI=1S/C21H19N5O/c1-3-26-20-17(13-23-26)16(11-18(24-20)15-7-5-4-6-8-15)21(27)25-19-10-9-14(2)12-22-19/h4-13H,3H2,1-2H3,(H,22,25,27). The van der Waals surface area contributed by atoms with Gasteiger partial charge in [-0.2, -0.15) is 5.10 Å². The number of nitrogens with zero attached hydrogens (tertiary/aromatic N) is 4. The number of nitrogens with one attached hydrogen (secondary N) is 1. The molecule has 0 bridgehead atoms. The Kier molecular flexibility index (Phi) is 4.38. The smallest absolute Gasteiger partial charge is 0.257 e. The predicted octanol–water partition coefficient (Wildman–Crippen LogP) is 4.07. The van der Waals surface area contributed by atoms with Gasteiger partial charge >= 0.3 is 0 Å². The number of benzene rings is 1. The lowest BCUT2D eigenvalue weighted by atomic mass is 10.1. The first kappa shape index (κ1) is 16.9. The van der Waals surface area contributed by atoms with Crippen LogP contribution in [0.15, 0.2) is 60.9 Å². The summed E-state index contributed by atoms with van der Waals surface area (Å²) in [7, 11) is 0. The molecule has 1 aromatic carbocycles. The maximum absolute atomic E-state index is 13.0. The topological polar surface area (TPSA) is 72.7 Å². The largest absolute Gasteiger partial charge is 0.307 e. The zero-order valence-corrected chi connectivity index (χ0v) is 15.2. The molecule has 3 aromatic heterocycles. The quantitative estimate of drug-likeness (QED) is 0.597. The molecule has 0 saturated carbocycles. The molecule has 134 valence electrons. The fourth-order valence-corrected chi connectivity index (χ4v) is 2.95. The normalized spacial score (nSPS) is 10.9. The molecule has 3 heterocycles. The lowest BCUT2D eigenvalue weighted by Crippen LogP contribution is -2.14. The second kappa shape index (κ2) is 6.99. The van der Waals surface area contributed by atoms with Gasteiger partial charge in [-0.3, -0.25) is 4.79 Å². The third-order valence-corrected chi connectivity index (χ3v) is 4.38. The number of aryl methyl sites for hydroxylation is 2. The summed E-state index contributed by atoms with van der Waals surface area (Å²) in [6.07, 6.45) is 3.42. The highest BCUT2D eigenvalue weighted by Gasteiger charge is 2.17. The van der Waals surface area contributed by atoms with Crippen LogP contribution in [0.25, 0.3) is 22.3 Å². The Labute approximate surface area is 156 Å². The third-order valence-electron chi connectivity index (χ3n) is 4.38. The maximum Gasteiger partial charge on any atom is 0.257 e. The molecular formula is C21H19N5O. The summed E-state index contributed by atoms with van der Waals surface area (Å²) in [5.41, 5.74) is 3.95. The van der Waals surface area contributed by atoms with E-state index in [0.717, 1.165) is 22.2 Å². The number of carbonyl (C=O) groups excluding carboxylic acids is 1. The van der Waals surface area contributed by atoms with Crippen molar-refractivity contribution in [2.75, 3.05) is 5.32 Å². The Bertz CT molecular complexity index is 1100. The average molecular weight is 357 g/mol. The van der Waals surface area contributed by atoms with Gasteiger partial charge in [-0.25, -0.2) is 14.6 Å². The molecule has 0 radical (unpaired) electrons. The molecular weight excluding hydrogens is 338 g/mol. The minimum atomic E-state index is -0.230. The van der Waals surface area contributed by atoms with Crippen molar-refractivity contribution in [2.45, 2.75) is 20.4 Å². The number of rotatable bonds is 4. The Morgan fingerprint density at radius 3 is 2.63 bits per heavy atom. The van der Waals surface area contributed by atoms with Crippen molar-refractivity contribution in [3.8, 4) is 11.3 Å². The van der Waals surface area contributed by atoms with Crippen LogP contribution < -0.4 is 5.32 Å². The minimum absolute atomic E-state index is 0.230. The van der Waals surface area contributed by atoms with Crippen molar-refractivity contribution in [3.63, 3.8) is 0 Å². The summed E-state index contributed by atoms with van der Waals surface area (Å²) in [6.45, 7) is 4.63. The van der Waals surface area contributed by atoms with E-state index in [1.165, 1.54) is 0 Å². The second-order valence-electron chi connectivity index (χ2n) is 6.29. The average Bonchev–Trinajstić information content (AvgIpc) is 3.12. The molecule has 0 unspecified atom stereocenters. The van der Waals surface area contributed by atoms with E-state index < -0.39 is 0 Å². The third kappa shape index (κ3) is 3.29. The van der Waals surface area contributed by atoms with E-state index in [0.29, 0.717) is 23.6 Å². The molecule has 1 amide bonds. The molecule has 0 fully saturated rings. The zero-order chi connectivity index (χ0) is 18.8. The molecule has 0 aliphatic heterocycles. The van der Waals surface area contributed by atoms with E-state index >= 15 is 0 Å². The first-order valence-electron chi connectivity index (χ1n) is 8.81. The van der Waals surface area contributed by atoms with Gasteiger partial charge in [0, 0.05) is 18.3 Å². The van der Waals surface area contributed by atoms with E-state index in [9.17, 15) is 4.79 Å². The number of carbonyl (C=O) groups is 1. The van der Waals surface area contributed by atoms with Crippen LogP contribution in [0.5, 0.6) is 0 Å². The van der Waals surface area contributed by atoms with Gasteiger partial charge in [0.1, 0.15) is 5.82 Å².